The maximum absolute atomic E-state index is 12.9. The van der Waals surface area contributed by atoms with Crippen molar-refractivity contribution < 1.29 is 23.1 Å². The molecule has 2 aromatic rings. The SMILES string of the molecule is COC[C@H]1CCCCN1C(=O)c1coc(COc2ccc(F)cc2)n1. The Morgan fingerprint density at radius 3 is 2.92 bits per heavy atom. The summed E-state index contributed by atoms with van der Waals surface area (Å²) in [5, 5.41) is 0. The number of carbonyl (C=O) groups is 1. The highest BCUT2D eigenvalue weighted by atomic mass is 19.1. The quantitative estimate of drug-likeness (QED) is 0.803. The van der Waals surface area contributed by atoms with Gasteiger partial charge in [-0.05, 0) is 43.5 Å². The van der Waals surface area contributed by atoms with E-state index in [4.69, 9.17) is 13.9 Å². The van der Waals surface area contributed by atoms with Gasteiger partial charge in [0, 0.05) is 13.7 Å². The van der Waals surface area contributed by atoms with E-state index in [1.54, 1.807) is 12.0 Å². The molecular weight excluding hydrogens is 327 g/mol. The first-order chi connectivity index (χ1) is 12.2. The highest BCUT2D eigenvalue weighted by molar-refractivity contribution is 5.92. The van der Waals surface area contributed by atoms with Gasteiger partial charge >= 0.3 is 0 Å². The minimum atomic E-state index is -0.330. The van der Waals surface area contributed by atoms with Crippen molar-refractivity contribution in [2.24, 2.45) is 0 Å². The van der Waals surface area contributed by atoms with Gasteiger partial charge in [-0.15, -0.1) is 0 Å². The molecule has 1 fully saturated rings. The monoisotopic (exact) mass is 348 g/mol. The molecule has 6 nitrogen and oxygen atoms in total. The fourth-order valence-electron chi connectivity index (χ4n) is 2.93. The van der Waals surface area contributed by atoms with Crippen molar-refractivity contribution in [1.82, 2.24) is 9.88 Å². The summed E-state index contributed by atoms with van der Waals surface area (Å²) in [6.45, 7) is 1.28. The van der Waals surface area contributed by atoms with Gasteiger partial charge in [-0.25, -0.2) is 9.37 Å². The molecule has 0 saturated carbocycles. The van der Waals surface area contributed by atoms with Gasteiger partial charge in [0.25, 0.3) is 5.91 Å². The molecule has 0 aliphatic carbocycles. The molecule has 1 amide bonds. The van der Waals surface area contributed by atoms with Gasteiger partial charge in [-0.3, -0.25) is 4.79 Å². The average Bonchev–Trinajstić information content (AvgIpc) is 3.10. The third kappa shape index (κ3) is 4.36. The number of likely N-dealkylation sites (tertiary alicyclic amines) is 1. The van der Waals surface area contributed by atoms with Crippen molar-refractivity contribution in [3.05, 3.63) is 47.9 Å². The van der Waals surface area contributed by atoms with Crippen LogP contribution in [0.25, 0.3) is 0 Å². The van der Waals surface area contributed by atoms with Crippen LogP contribution in [-0.2, 0) is 11.3 Å². The van der Waals surface area contributed by atoms with Gasteiger partial charge in [0.05, 0.1) is 12.6 Å². The van der Waals surface area contributed by atoms with Crippen LogP contribution in [0, 0.1) is 5.82 Å². The number of benzene rings is 1. The van der Waals surface area contributed by atoms with E-state index in [2.05, 4.69) is 4.98 Å². The minimum Gasteiger partial charge on any atom is -0.484 e. The zero-order valence-electron chi connectivity index (χ0n) is 14.1. The topological polar surface area (TPSA) is 64.8 Å². The summed E-state index contributed by atoms with van der Waals surface area (Å²) in [4.78, 5) is 18.7. The number of amides is 1. The van der Waals surface area contributed by atoms with Crippen molar-refractivity contribution in [2.75, 3.05) is 20.3 Å². The zero-order chi connectivity index (χ0) is 17.6. The Labute approximate surface area is 145 Å². The number of aromatic nitrogens is 1. The summed E-state index contributed by atoms with van der Waals surface area (Å²) in [5.74, 6) is 0.318. The Hall–Kier alpha value is -2.41. The molecule has 7 heteroatoms. The molecule has 25 heavy (non-hydrogen) atoms. The molecule has 1 saturated heterocycles. The summed E-state index contributed by atoms with van der Waals surface area (Å²) >= 11 is 0. The molecule has 0 radical (unpaired) electrons. The minimum absolute atomic E-state index is 0.0699. The lowest BCUT2D eigenvalue weighted by Gasteiger charge is -2.34. The fraction of sp³-hybridized carbons (Fsp3) is 0.444. The standard InChI is InChI=1S/C18H21FN2O4/c1-23-10-14-4-2-3-9-21(14)18(22)16-11-25-17(20-16)12-24-15-7-5-13(19)6-8-15/h5-8,11,14H,2-4,9-10,12H2,1H3/t14-/m1/s1. The number of oxazole rings is 1. The largest absolute Gasteiger partial charge is 0.484 e. The highest BCUT2D eigenvalue weighted by Gasteiger charge is 2.29. The third-order valence-corrected chi connectivity index (χ3v) is 4.19. The number of hydrogen-bond donors (Lipinski definition) is 0. The second kappa shape index (κ2) is 8.11. The molecule has 0 unspecified atom stereocenters. The predicted octanol–water partition coefficient (Wildman–Crippen LogP) is 3.03. The lowest BCUT2D eigenvalue weighted by molar-refractivity contribution is 0.0423. The zero-order valence-corrected chi connectivity index (χ0v) is 14.1. The van der Waals surface area contributed by atoms with Crippen molar-refractivity contribution >= 4 is 5.91 Å². The third-order valence-electron chi connectivity index (χ3n) is 4.19. The van der Waals surface area contributed by atoms with Gasteiger partial charge in [0.1, 0.15) is 17.8 Å². The number of nitrogens with zero attached hydrogens (tertiary/aromatic N) is 2. The molecule has 1 aromatic carbocycles. The van der Waals surface area contributed by atoms with E-state index in [1.165, 1.54) is 30.5 Å². The first-order valence-electron chi connectivity index (χ1n) is 8.30. The Morgan fingerprint density at radius 2 is 2.16 bits per heavy atom. The van der Waals surface area contributed by atoms with E-state index in [0.717, 1.165) is 19.3 Å². The lowest BCUT2D eigenvalue weighted by Crippen LogP contribution is -2.46. The van der Waals surface area contributed by atoms with Crippen LogP contribution in [0.5, 0.6) is 5.75 Å². The van der Waals surface area contributed by atoms with E-state index in [9.17, 15) is 9.18 Å². The van der Waals surface area contributed by atoms with Crippen molar-refractivity contribution in [3.8, 4) is 5.75 Å². The van der Waals surface area contributed by atoms with E-state index < -0.39 is 0 Å². The normalized spacial score (nSPS) is 17.5. The molecule has 0 spiro atoms. The smallest absolute Gasteiger partial charge is 0.276 e. The highest BCUT2D eigenvalue weighted by Crippen LogP contribution is 2.20. The second-order valence-corrected chi connectivity index (χ2v) is 5.97. The molecule has 1 aliphatic heterocycles. The Morgan fingerprint density at radius 1 is 1.36 bits per heavy atom. The molecule has 1 aromatic heterocycles. The Kier molecular flexibility index (Phi) is 5.65. The summed E-state index contributed by atoms with van der Waals surface area (Å²) in [5.41, 5.74) is 0.265. The van der Waals surface area contributed by atoms with Gasteiger partial charge in [-0.1, -0.05) is 0 Å². The van der Waals surface area contributed by atoms with Crippen molar-refractivity contribution in [2.45, 2.75) is 31.9 Å². The van der Waals surface area contributed by atoms with Crippen molar-refractivity contribution in [3.63, 3.8) is 0 Å². The summed E-state index contributed by atoms with van der Waals surface area (Å²) in [6.07, 6.45) is 4.35. The van der Waals surface area contributed by atoms with Gasteiger partial charge in [0.2, 0.25) is 5.89 Å². The summed E-state index contributed by atoms with van der Waals surface area (Å²) in [7, 11) is 1.64. The first-order valence-corrected chi connectivity index (χ1v) is 8.30. The molecule has 1 aliphatic rings. The van der Waals surface area contributed by atoms with Crippen LogP contribution < -0.4 is 4.74 Å². The molecule has 3 rings (SSSR count). The van der Waals surface area contributed by atoms with Crippen molar-refractivity contribution in [1.29, 1.82) is 0 Å². The van der Waals surface area contributed by atoms with E-state index >= 15 is 0 Å². The van der Waals surface area contributed by atoms with Gasteiger partial charge < -0.3 is 18.8 Å². The van der Waals surface area contributed by atoms with Crippen LogP contribution in [-0.4, -0.2) is 42.1 Å². The number of halogens is 1. The number of carbonyl (C=O) groups excluding carboxylic acids is 1. The van der Waals surface area contributed by atoms with Crippen LogP contribution in [0.15, 0.2) is 34.9 Å². The number of hydrogen-bond acceptors (Lipinski definition) is 5. The van der Waals surface area contributed by atoms with Crippen LogP contribution in [0.2, 0.25) is 0 Å². The second-order valence-electron chi connectivity index (χ2n) is 5.97. The van der Waals surface area contributed by atoms with E-state index in [-0.39, 0.29) is 30.1 Å². The Balaban J connectivity index is 1.61. The average molecular weight is 348 g/mol. The summed E-state index contributed by atoms with van der Waals surface area (Å²) in [6, 6.07) is 5.74. The number of methoxy groups -OCH3 is 1. The van der Waals surface area contributed by atoms with Crippen LogP contribution in [0.1, 0.15) is 35.6 Å². The van der Waals surface area contributed by atoms with Crippen LogP contribution >= 0.6 is 0 Å². The fourth-order valence-corrected chi connectivity index (χ4v) is 2.93. The number of ether oxygens (including phenoxy) is 2. The first kappa shape index (κ1) is 17.4. The molecule has 0 bridgehead atoms. The maximum atomic E-state index is 12.9. The van der Waals surface area contributed by atoms with Gasteiger partial charge in [0.15, 0.2) is 12.3 Å². The molecule has 0 N–H and O–H groups in total. The van der Waals surface area contributed by atoms with E-state index in [0.29, 0.717) is 24.8 Å². The molecule has 134 valence electrons. The molecule has 2 heterocycles. The molecule has 1 atom stereocenters. The van der Waals surface area contributed by atoms with Crippen LogP contribution in [0.3, 0.4) is 0 Å². The lowest BCUT2D eigenvalue weighted by atomic mass is 10.0. The van der Waals surface area contributed by atoms with E-state index in [1.807, 2.05) is 0 Å². The molecular formula is C18H21FN2O4. The predicted molar refractivity (Wildman–Crippen MR) is 87.8 cm³/mol. The Bertz CT molecular complexity index is 699. The summed E-state index contributed by atoms with van der Waals surface area (Å²) < 4.78 is 28.9. The number of piperidine rings is 1. The van der Waals surface area contributed by atoms with Gasteiger partial charge in [-0.2, -0.15) is 0 Å². The number of rotatable bonds is 6. The van der Waals surface area contributed by atoms with Crippen LogP contribution in [0.4, 0.5) is 4.39 Å². The maximum Gasteiger partial charge on any atom is 0.276 e.